The molecule has 0 bridgehead atoms. The number of nitrogens with one attached hydrogen (secondary N) is 1. The third-order valence-corrected chi connectivity index (χ3v) is 2.80. The number of likely N-dealkylation sites (N-methyl/N-ethyl adjacent to an activating group) is 1. The Morgan fingerprint density at radius 3 is 2.35 bits per heavy atom. The number of esters is 1. The van der Waals surface area contributed by atoms with Crippen LogP contribution in [0.4, 0.5) is 0 Å². The lowest BCUT2D eigenvalue weighted by molar-refractivity contribution is -0.148. The summed E-state index contributed by atoms with van der Waals surface area (Å²) in [5.74, 6) is -0.430. The van der Waals surface area contributed by atoms with Crippen molar-refractivity contribution in [2.24, 2.45) is 0 Å². The van der Waals surface area contributed by atoms with Crippen molar-refractivity contribution >= 4 is 17.8 Å². The molecule has 0 unspecified atom stereocenters. The molecule has 20 heavy (non-hydrogen) atoms. The van der Waals surface area contributed by atoms with E-state index >= 15 is 0 Å². The quantitative estimate of drug-likeness (QED) is 0.482. The van der Waals surface area contributed by atoms with Gasteiger partial charge in [-0.25, -0.2) is 0 Å². The van der Waals surface area contributed by atoms with Crippen LogP contribution in [0.25, 0.3) is 0 Å². The van der Waals surface area contributed by atoms with Crippen molar-refractivity contribution in [1.29, 1.82) is 0 Å². The molecule has 2 amide bonds. The normalized spacial score (nSPS) is 9.95. The van der Waals surface area contributed by atoms with E-state index in [1.807, 2.05) is 6.92 Å². The number of hydrogen-bond donors (Lipinski definition) is 1. The van der Waals surface area contributed by atoms with E-state index in [4.69, 9.17) is 4.74 Å². The molecule has 0 heterocycles. The van der Waals surface area contributed by atoms with E-state index in [-0.39, 0.29) is 24.3 Å². The maximum Gasteiger partial charge on any atom is 0.325 e. The highest BCUT2D eigenvalue weighted by atomic mass is 16.5. The zero-order valence-electron chi connectivity index (χ0n) is 12.7. The number of nitrogens with zero attached hydrogens (tertiary/aromatic N) is 1. The number of unbranched alkanes of at least 4 members (excludes halogenated alkanes) is 2. The van der Waals surface area contributed by atoms with Gasteiger partial charge in [-0.3, -0.25) is 14.4 Å². The molecule has 0 aromatic heterocycles. The van der Waals surface area contributed by atoms with Gasteiger partial charge in [0.25, 0.3) is 0 Å². The molecule has 6 nitrogen and oxygen atoms in total. The van der Waals surface area contributed by atoms with Gasteiger partial charge >= 0.3 is 5.97 Å². The molecule has 0 radical (unpaired) electrons. The molecule has 0 saturated carbocycles. The van der Waals surface area contributed by atoms with Gasteiger partial charge in [0.15, 0.2) is 0 Å². The molecule has 0 aliphatic heterocycles. The first-order valence-corrected chi connectivity index (χ1v) is 7.19. The number of rotatable bonds is 10. The summed E-state index contributed by atoms with van der Waals surface area (Å²) < 4.78 is 4.83. The van der Waals surface area contributed by atoms with Gasteiger partial charge in [0.2, 0.25) is 11.8 Å². The first kappa shape index (κ1) is 18.4. The Bertz CT molecular complexity index is 318. The first-order chi connectivity index (χ1) is 9.51. The van der Waals surface area contributed by atoms with Gasteiger partial charge in [0, 0.05) is 26.4 Å². The lowest BCUT2D eigenvalue weighted by atomic mass is 10.1. The van der Waals surface area contributed by atoms with E-state index in [9.17, 15) is 14.4 Å². The maximum atomic E-state index is 11.9. The average molecular weight is 286 g/mol. The van der Waals surface area contributed by atoms with Crippen molar-refractivity contribution in [3.05, 3.63) is 0 Å². The summed E-state index contributed by atoms with van der Waals surface area (Å²) >= 11 is 0. The summed E-state index contributed by atoms with van der Waals surface area (Å²) in [6.07, 6.45) is 2.92. The van der Waals surface area contributed by atoms with Crippen molar-refractivity contribution < 1.29 is 19.1 Å². The van der Waals surface area contributed by atoms with E-state index in [2.05, 4.69) is 5.32 Å². The molecule has 0 aliphatic carbocycles. The molecule has 1 N–H and O–H groups in total. The highest BCUT2D eigenvalue weighted by Gasteiger charge is 2.15. The molecule has 0 rings (SSSR count). The van der Waals surface area contributed by atoms with Crippen LogP contribution in [0.15, 0.2) is 0 Å². The fourth-order valence-electron chi connectivity index (χ4n) is 1.74. The fourth-order valence-corrected chi connectivity index (χ4v) is 1.74. The number of carbonyl (C=O) groups excluding carboxylic acids is 3. The van der Waals surface area contributed by atoms with Crippen LogP contribution in [0.3, 0.4) is 0 Å². The van der Waals surface area contributed by atoms with Crippen LogP contribution in [0, 0.1) is 0 Å². The van der Waals surface area contributed by atoms with Crippen LogP contribution < -0.4 is 5.32 Å². The lowest BCUT2D eigenvalue weighted by Gasteiger charge is -2.19. The SMILES string of the molecule is CCOC(=O)CN(CC)C(=O)CCCCCNC(C)=O. The van der Waals surface area contributed by atoms with Crippen molar-refractivity contribution in [2.45, 2.75) is 46.5 Å². The molecule has 116 valence electrons. The zero-order valence-corrected chi connectivity index (χ0v) is 12.7. The Hall–Kier alpha value is -1.59. The highest BCUT2D eigenvalue weighted by molar-refractivity contribution is 5.82. The van der Waals surface area contributed by atoms with Gasteiger partial charge in [0.1, 0.15) is 6.54 Å². The first-order valence-electron chi connectivity index (χ1n) is 7.19. The minimum Gasteiger partial charge on any atom is -0.465 e. The van der Waals surface area contributed by atoms with Crippen molar-refractivity contribution in [1.82, 2.24) is 10.2 Å². The zero-order chi connectivity index (χ0) is 15.4. The van der Waals surface area contributed by atoms with Gasteiger partial charge in [0.05, 0.1) is 6.61 Å². The van der Waals surface area contributed by atoms with Gasteiger partial charge in [-0.2, -0.15) is 0 Å². The van der Waals surface area contributed by atoms with Crippen LogP contribution in [0.5, 0.6) is 0 Å². The van der Waals surface area contributed by atoms with Gasteiger partial charge in [-0.15, -0.1) is 0 Å². The third-order valence-electron chi connectivity index (χ3n) is 2.80. The molecule has 6 heteroatoms. The molecule has 0 spiro atoms. The second-order valence-electron chi connectivity index (χ2n) is 4.51. The summed E-state index contributed by atoms with van der Waals surface area (Å²) in [6.45, 7) is 6.56. The number of amides is 2. The van der Waals surface area contributed by atoms with Gasteiger partial charge in [-0.05, 0) is 26.7 Å². The van der Waals surface area contributed by atoms with Crippen molar-refractivity contribution in [3.63, 3.8) is 0 Å². The molecule has 0 aliphatic rings. The fraction of sp³-hybridized carbons (Fsp3) is 0.786. The van der Waals surface area contributed by atoms with Crippen molar-refractivity contribution in [2.75, 3.05) is 26.2 Å². The monoisotopic (exact) mass is 286 g/mol. The largest absolute Gasteiger partial charge is 0.465 e. The molecule has 0 atom stereocenters. The van der Waals surface area contributed by atoms with Crippen LogP contribution in [-0.4, -0.2) is 48.9 Å². The number of carbonyl (C=O) groups is 3. The second kappa shape index (κ2) is 11.3. The summed E-state index contributed by atoms with van der Waals surface area (Å²) in [5, 5.41) is 2.71. The molecule has 0 fully saturated rings. The minimum atomic E-state index is -0.367. The second-order valence-corrected chi connectivity index (χ2v) is 4.51. The van der Waals surface area contributed by atoms with Gasteiger partial charge < -0.3 is 15.0 Å². The summed E-state index contributed by atoms with van der Waals surface area (Å²) in [6, 6.07) is 0. The number of hydrogen-bond acceptors (Lipinski definition) is 4. The minimum absolute atomic E-state index is 0.0229. The van der Waals surface area contributed by atoms with Crippen LogP contribution in [0.2, 0.25) is 0 Å². The predicted octanol–water partition coefficient (Wildman–Crippen LogP) is 1.09. The number of ether oxygens (including phenoxy) is 1. The third kappa shape index (κ3) is 9.35. The van der Waals surface area contributed by atoms with Gasteiger partial charge in [-0.1, -0.05) is 6.42 Å². The molecular formula is C14H26N2O4. The molecule has 0 aromatic carbocycles. The van der Waals surface area contributed by atoms with E-state index in [1.165, 1.54) is 11.8 Å². The maximum absolute atomic E-state index is 11.9. The molecular weight excluding hydrogens is 260 g/mol. The predicted molar refractivity (Wildman–Crippen MR) is 76.0 cm³/mol. The van der Waals surface area contributed by atoms with Crippen LogP contribution >= 0.6 is 0 Å². The van der Waals surface area contributed by atoms with Crippen LogP contribution in [0.1, 0.15) is 46.5 Å². The Kier molecular flexibility index (Phi) is 10.4. The Balaban J connectivity index is 3.81. The van der Waals surface area contributed by atoms with E-state index in [0.29, 0.717) is 26.1 Å². The average Bonchev–Trinajstić information content (AvgIpc) is 2.39. The molecule has 0 aromatic rings. The smallest absolute Gasteiger partial charge is 0.325 e. The Morgan fingerprint density at radius 1 is 1.10 bits per heavy atom. The summed E-state index contributed by atoms with van der Waals surface area (Å²) in [7, 11) is 0. The summed E-state index contributed by atoms with van der Waals surface area (Å²) in [4.78, 5) is 35.4. The molecule has 0 saturated heterocycles. The Labute approximate surface area is 120 Å². The Morgan fingerprint density at radius 2 is 1.80 bits per heavy atom. The topological polar surface area (TPSA) is 75.7 Å². The highest BCUT2D eigenvalue weighted by Crippen LogP contribution is 2.03. The standard InChI is InChI=1S/C14H26N2O4/c1-4-16(11-14(19)20-5-2)13(18)9-7-6-8-10-15-12(3)17/h4-11H2,1-3H3,(H,15,17). The lowest BCUT2D eigenvalue weighted by Crippen LogP contribution is -2.36. The van der Waals surface area contributed by atoms with E-state index < -0.39 is 0 Å². The summed E-state index contributed by atoms with van der Waals surface area (Å²) in [5.41, 5.74) is 0. The van der Waals surface area contributed by atoms with E-state index in [1.54, 1.807) is 6.92 Å². The van der Waals surface area contributed by atoms with E-state index in [0.717, 1.165) is 19.3 Å². The van der Waals surface area contributed by atoms with Crippen molar-refractivity contribution in [3.8, 4) is 0 Å². The van der Waals surface area contributed by atoms with Crippen LogP contribution in [-0.2, 0) is 19.1 Å².